The van der Waals surface area contributed by atoms with Crippen molar-refractivity contribution >= 4 is 29.7 Å². The summed E-state index contributed by atoms with van der Waals surface area (Å²) in [7, 11) is 0. The van der Waals surface area contributed by atoms with Gasteiger partial charge < -0.3 is 42.2 Å². The van der Waals surface area contributed by atoms with E-state index in [0.29, 0.717) is 37.9 Å². The van der Waals surface area contributed by atoms with Crippen molar-refractivity contribution in [1.29, 1.82) is 0 Å². The summed E-state index contributed by atoms with van der Waals surface area (Å²) in [6.07, 6.45) is 4.62. The topological polar surface area (TPSA) is 234 Å². The summed E-state index contributed by atoms with van der Waals surface area (Å²) < 4.78 is 0. The first kappa shape index (κ1) is 28.7. The molecule has 1 aromatic heterocycles. The molecule has 0 aromatic carbocycles. The predicted octanol–water partition coefficient (Wildman–Crippen LogP) is -1.68. The summed E-state index contributed by atoms with van der Waals surface area (Å²) in [6.45, 7) is 0.613. The number of nitrogens with zero attached hydrogens (tertiary/aromatic N) is 2. The Morgan fingerprint density at radius 2 is 1.89 bits per heavy atom. The van der Waals surface area contributed by atoms with Crippen LogP contribution in [0.2, 0.25) is 0 Å². The number of carbonyl (C=O) groups excluding carboxylic acids is 3. The standard InChI is InChI=1S/C22H35N7O7/c23-8-2-1-4-16(22(35)36)28-20(33)17-5-3-9-29(17)21(34)15(6-7-18(30)31)27-19(32)14(24)10-13-11-25-12-26-13/h11-12,14-17H,1-10,23-24H2,(H,25,26)(H,27,32)(H,28,33)(H,30,31)(H,35,36). The van der Waals surface area contributed by atoms with Gasteiger partial charge in [0.25, 0.3) is 0 Å². The van der Waals surface area contributed by atoms with Crippen molar-refractivity contribution in [1.82, 2.24) is 25.5 Å². The number of nitrogens with one attached hydrogen (secondary N) is 3. The molecular formula is C22H35N7O7. The van der Waals surface area contributed by atoms with Gasteiger partial charge in [-0.2, -0.15) is 0 Å². The Morgan fingerprint density at radius 1 is 1.14 bits per heavy atom. The maximum Gasteiger partial charge on any atom is 0.326 e. The Balaban J connectivity index is 2.08. The average Bonchev–Trinajstić information content (AvgIpc) is 3.52. The highest BCUT2D eigenvalue weighted by Crippen LogP contribution is 2.20. The number of aromatic nitrogens is 2. The molecule has 1 aliphatic rings. The molecule has 1 fully saturated rings. The van der Waals surface area contributed by atoms with Crippen LogP contribution in [0.25, 0.3) is 0 Å². The minimum atomic E-state index is -1.21. The fraction of sp³-hybridized carbons (Fsp3) is 0.636. The molecule has 0 aliphatic carbocycles. The van der Waals surface area contributed by atoms with Crippen molar-refractivity contribution in [2.24, 2.45) is 11.5 Å². The number of carboxylic acids is 2. The lowest BCUT2D eigenvalue weighted by Gasteiger charge is -2.30. The van der Waals surface area contributed by atoms with E-state index < -0.39 is 53.8 Å². The first-order valence-electron chi connectivity index (χ1n) is 11.9. The maximum atomic E-state index is 13.3. The molecular weight excluding hydrogens is 474 g/mol. The fourth-order valence-corrected chi connectivity index (χ4v) is 4.05. The lowest BCUT2D eigenvalue weighted by molar-refractivity contribution is -0.145. The highest BCUT2D eigenvalue weighted by atomic mass is 16.4. The Hall–Kier alpha value is -3.52. The van der Waals surface area contributed by atoms with Crippen LogP contribution < -0.4 is 22.1 Å². The zero-order chi connectivity index (χ0) is 26.7. The van der Waals surface area contributed by atoms with E-state index >= 15 is 0 Å². The van der Waals surface area contributed by atoms with Gasteiger partial charge in [0, 0.05) is 31.3 Å². The van der Waals surface area contributed by atoms with Crippen molar-refractivity contribution in [3.8, 4) is 0 Å². The molecule has 36 heavy (non-hydrogen) atoms. The number of aliphatic carboxylic acids is 2. The van der Waals surface area contributed by atoms with Gasteiger partial charge in [-0.25, -0.2) is 9.78 Å². The second-order valence-corrected chi connectivity index (χ2v) is 8.75. The van der Waals surface area contributed by atoms with E-state index in [0.717, 1.165) is 0 Å². The van der Waals surface area contributed by atoms with Gasteiger partial charge in [0.05, 0.1) is 12.4 Å². The van der Waals surface area contributed by atoms with E-state index in [1.807, 2.05) is 0 Å². The van der Waals surface area contributed by atoms with Crippen LogP contribution in [0.1, 0.15) is 50.6 Å². The summed E-state index contributed by atoms with van der Waals surface area (Å²) in [4.78, 5) is 69.5. The molecule has 200 valence electrons. The summed E-state index contributed by atoms with van der Waals surface area (Å²) in [5.74, 6) is -4.22. The van der Waals surface area contributed by atoms with Gasteiger partial charge in [-0.05, 0) is 45.1 Å². The number of carboxylic acid groups (broad SMARTS) is 2. The molecule has 1 aliphatic heterocycles. The molecule has 2 rings (SSSR count). The second-order valence-electron chi connectivity index (χ2n) is 8.75. The van der Waals surface area contributed by atoms with Crippen molar-refractivity contribution in [3.05, 3.63) is 18.2 Å². The van der Waals surface area contributed by atoms with Gasteiger partial charge in [-0.3, -0.25) is 19.2 Å². The summed E-state index contributed by atoms with van der Waals surface area (Å²) in [5, 5.41) is 23.6. The highest BCUT2D eigenvalue weighted by Gasteiger charge is 2.39. The van der Waals surface area contributed by atoms with Gasteiger partial charge in [-0.1, -0.05) is 0 Å². The molecule has 9 N–H and O–H groups in total. The highest BCUT2D eigenvalue weighted by molar-refractivity contribution is 5.94. The van der Waals surface area contributed by atoms with E-state index in [4.69, 9.17) is 16.6 Å². The number of unbranched alkanes of at least 4 members (excludes halogenated alkanes) is 1. The van der Waals surface area contributed by atoms with E-state index in [-0.39, 0.29) is 32.2 Å². The molecule has 0 radical (unpaired) electrons. The van der Waals surface area contributed by atoms with Crippen molar-refractivity contribution < 1.29 is 34.2 Å². The smallest absolute Gasteiger partial charge is 0.326 e. The number of H-pyrrole nitrogens is 1. The molecule has 14 nitrogen and oxygen atoms in total. The quantitative estimate of drug-likeness (QED) is 0.133. The minimum Gasteiger partial charge on any atom is -0.481 e. The summed E-state index contributed by atoms with van der Waals surface area (Å²) in [5.41, 5.74) is 12.0. The molecule has 14 heteroatoms. The van der Waals surface area contributed by atoms with Crippen molar-refractivity contribution in [2.75, 3.05) is 13.1 Å². The number of hydrogen-bond donors (Lipinski definition) is 7. The van der Waals surface area contributed by atoms with Crippen LogP contribution in [0.15, 0.2) is 12.5 Å². The van der Waals surface area contributed by atoms with E-state index in [1.54, 1.807) is 0 Å². The van der Waals surface area contributed by atoms with Crippen LogP contribution in [0.5, 0.6) is 0 Å². The van der Waals surface area contributed by atoms with E-state index in [1.165, 1.54) is 17.4 Å². The lowest BCUT2D eigenvalue weighted by Crippen LogP contribution is -2.57. The molecule has 2 heterocycles. The number of amides is 3. The molecule has 0 saturated carbocycles. The average molecular weight is 510 g/mol. The normalized spacial score (nSPS) is 17.7. The lowest BCUT2D eigenvalue weighted by atomic mass is 10.1. The van der Waals surface area contributed by atoms with Crippen LogP contribution in [0.3, 0.4) is 0 Å². The van der Waals surface area contributed by atoms with Crippen molar-refractivity contribution in [2.45, 2.75) is 75.5 Å². The largest absolute Gasteiger partial charge is 0.481 e. The number of imidazole rings is 1. The zero-order valence-corrected chi connectivity index (χ0v) is 20.0. The predicted molar refractivity (Wildman–Crippen MR) is 126 cm³/mol. The Kier molecular flexibility index (Phi) is 11.3. The summed E-state index contributed by atoms with van der Waals surface area (Å²) in [6, 6.07) is -4.29. The van der Waals surface area contributed by atoms with Gasteiger partial charge in [-0.15, -0.1) is 0 Å². The Morgan fingerprint density at radius 3 is 2.50 bits per heavy atom. The third-order valence-electron chi connectivity index (χ3n) is 5.99. The van der Waals surface area contributed by atoms with Gasteiger partial charge in [0.2, 0.25) is 17.7 Å². The van der Waals surface area contributed by atoms with Gasteiger partial charge in [0.1, 0.15) is 18.1 Å². The van der Waals surface area contributed by atoms with Crippen LogP contribution >= 0.6 is 0 Å². The number of carbonyl (C=O) groups is 5. The number of hydrogen-bond acceptors (Lipinski definition) is 8. The number of aromatic amines is 1. The molecule has 1 aromatic rings. The molecule has 4 atom stereocenters. The minimum absolute atomic E-state index is 0.126. The maximum absolute atomic E-state index is 13.3. The van der Waals surface area contributed by atoms with Crippen LogP contribution in [0.4, 0.5) is 0 Å². The summed E-state index contributed by atoms with van der Waals surface area (Å²) >= 11 is 0. The Bertz CT molecular complexity index is 909. The number of rotatable bonds is 15. The molecule has 3 amide bonds. The fourth-order valence-electron chi connectivity index (χ4n) is 4.05. The third-order valence-corrected chi connectivity index (χ3v) is 5.99. The monoisotopic (exact) mass is 509 g/mol. The van der Waals surface area contributed by atoms with Crippen LogP contribution in [-0.2, 0) is 30.4 Å². The SMILES string of the molecule is NCCCCC(NC(=O)C1CCCN1C(=O)C(CCC(=O)O)NC(=O)C(N)Cc1cnc[nH]1)C(=O)O. The zero-order valence-electron chi connectivity index (χ0n) is 20.0. The first-order chi connectivity index (χ1) is 17.1. The van der Waals surface area contributed by atoms with E-state index in [2.05, 4.69) is 20.6 Å². The molecule has 1 saturated heterocycles. The van der Waals surface area contributed by atoms with Crippen molar-refractivity contribution in [3.63, 3.8) is 0 Å². The second kappa shape index (κ2) is 14.1. The van der Waals surface area contributed by atoms with Crippen LogP contribution in [0, 0.1) is 0 Å². The van der Waals surface area contributed by atoms with Gasteiger partial charge >= 0.3 is 11.9 Å². The number of nitrogens with two attached hydrogens (primary N) is 2. The number of likely N-dealkylation sites (tertiary alicyclic amines) is 1. The van der Waals surface area contributed by atoms with Gasteiger partial charge in [0.15, 0.2) is 0 Å². The first-order valence-corrected chi connectivity index (χ1v) is 11.9. The Labute approximate surface area is 208 Å². The van der Waals surface area contributed by atoms with E-state index in [9.17, 15) is 29.1 Å². The van der Waals surface area contributed by atoms with Crippen LogP contribution in [-0.4, -0.2) is 92.0 Å². The molecule has 0 spiro atoms. The molecule has 4 unspecified atom stereocenters. The molecule has 0 bridgehead atoms. The third kappa shape index (κ3) is 8.61.